The number of halogens is 1. The Morgan fingerprint density at radius 2 is 1.69 bits per heavy atom. The maximum atomic E-state index is 13.1. The van der Waals surface area contributed by atoms with Crippen LogP contribution in [-0.2, 0) is 14.4 Å². The Morgan fingerprint density at radius 1 is 1.00 bits per heavy atom. The highest BCUT2D eigenvalue weighted by Crippen LogP contribution is 2.28. The molecular weight excluding hydrogens is 436 g/mol. The van der Waals surface area contributed by atoms with Crippen LogP contribution in [0.25, 0.3) is 0 Å². The first-order valence-electron chi connectivity index (χ1n) is 9.40. The number of anilines is 2. The average Bonchev–Trinajstić information content (AvgIpc) is 3.05. The van der Waals surface area contributed by atoms with Crippen molar-refractivity contribution in [3.05, 3.63) is 66.2 Å². The van der Waals surface area contributed by atoms with Crippen molar-refractivity contribution in [2.45, 2.75) is 6.92 Å². The zero-order chi connectivity index (χ0) is 22.1. The Labute approximate surface area is 189 Å². The number of urea groups is 1. The molecule has 2 aliphatic heterocycles. The molecule has 32 heavy (non-hydrogen) atoms. The van der Waals surface area contributed by atoms with Crippen LogP contribution >= 0.6 is 12.4 Å². The molecule has 1 N–H and O–H groups in total. The minimum absolute atomic E-state index is 0. The molecule has 1 fully saturated rings. The van der Waals surface area contributed by atoms with Gasteiger partial charge in [0.05, 0.1) is 30.1 Å². The summed E-state index contributed by atoms with van der Waals surface area (Å²) < 4.78 is 5.14. The molecule has 0 aliphatic carbocycles. The van der Waals surface area contributed by atoms with Gasteiger partial charge in [0.15, 0.2) is 0 Å². The van der Waals surface area contributed by atoms with Crippen molar-refractivity contribution in [2.75, 3.05) is 17.0 Å². The first kappa shape index (κ1) is 22.7. The van der Waals surface area contributed by atoms with E-state index < -0.39 is 29.7 Å². The monoisotopic (exact) mass is 454 g/mol. The molecule has 1 unspecified atom stereocenters. The van der Waals surface area contributed by atoms with Gasteiger partial charge in [-0.05, 0) is 37.3 Å². The predicted octanol–water partition coefficient (Wildman–Crippen LogP) is 2.67. The van der Waals surface area contributed by atoms with E-state index in [0.717, 1.165) is 4.90 Å². The largest absolute Gasteiger partial charge is 0.497 e. The number of ether oxygens (including phenoxy) is 1. The number of amides is 5. The second-order valence-electron chi connectivity index (χ2n) is 6.89. The normalized spacial score (nSPS) is 19.6. The lowest BCUT2D eigenvalue weighted by molar-refractivity contribution is -0.122. The van der Waals surface area contributed by atoms with Crippen LogP contribution in [-0.4, -0.2) is 36.6 Å². The van der Waals surface area contributed by atoms with E-state index in [0.29, 0.717) is 17.1 Å². The van der Waals surface area contributed by atoms with Crippen molar-refractivity contribution in [3.63, 3.8) is 0 Å². The van der Waals surface area contributed by atoms with E-state index in [4.69, 9.17) is 4.74 Å². The Bertz CT molecular complexity index is 1160. The van der Waals surface area contributed by atoms with Crippen molar-refractivity contribution in [1.29, 1.82) is 0 Å². The topological polar surface area (TPSA) is 108 Å². The molecule has 2 aliphatic rings. The molecule has 5 amide bonds. The summed E-state index contributed by atoms with van der Waals surface area (Å²) in [4.78, 5) is 51.6. The smallest absolute Gasteiger partial charge is 0.335 e. The lowest BCUT2D eigenvalue weighted by atomic mass is 9.98. The molecule has 0 bridgehead atoms. The van der Waals surface area contributed by atoms with Gasteiger partial charge in [0, 0.05) is 6.07 Å². The van der Waals surface area contributed by atoms with E-state index in [1.165, 1.54) is 30.3 Å². The fourth-order valence-corrected chi connectivity index (χ4v) is 3.35. The Hall–Kier alpha value is -3.98. The second kappa shape index (κ2) is 9.03. The Kier molecular flexibility index (Phi) is 6.40. The van der Waals surface area contributed by atoms with E-state index >= 15 is 0 Å². The molecule has 0 spiro atoms. The second-order valence-corrected chi connectivity index (χ2v) is 6.89. The van der Waals surface area contributed by atoms with E-state index in [9.17, 15) is 19.2 Å². The van der Waals surface area contributed by atoms with Crippen LogP contribution < -0.4 is 20.0 Å². The highest BCUT2D eigenvalue weighted by atomic mass is 35.5. The van der Waals surface area contributed by atoms with E-state index in [2.05, 4.69) is 10.4 Å². The number of para-hydroxylation sites is 1. The summed E-state index contributed by atoms with van der Waals surface area (Å²) in [7, 11) is 1.46. The van der Waals surface area contributed by atoms with Gasteiger partial charge in [-0.3, -0.25) is 19.7 Å². The third-order valence-electron chi connectivity index (χ3n) is 4.93. The Balaban J connectivity index is 0.00000289. The van der Waals surface area contributed by atoms with Gasteiger partial charge in [-0.1, -0.05) is 24.3 Å². The van der Waals surface area contributed by atoms with Crippen molar-refractivity contribution in [1.82, 2.24) is 5.32 Å². The highest BCUT2D eigenvalue weighted by molar-refractivity contribution is 6.38. The molecule has 0 saturated carbocycles. The van der Waals surface area contributed by atoms with Gasteiger partial charge in [-0.2, -0.15) is 10.1 Å². The average molecular weight is 455 g/mol. The molecule has 0 radical (unpaired) electrons. The number of rotatable bonds is 4. The summed E-state index contributed by atoms with van der Waals surface area (Å²) >= 11 is 0. The van der Waals surface area contributed by atoms with Crippen LogP contribution in [0.3, 0.4) is 0 Å². The van der Waals surface area contributed by atoms with E-state index in [-0.39, 0.29) is 23.7 Å². The first-order chi connectivity index (χ1) is 14.9. The van der Waals surface area contributed by atoms with E-state index in [1.807, 2.05) is 6.07 Å². The number of hydrogen-bond donors (Lipinski definition) is 1. The summed E-state index contributed by atoms with van der Waals surface area (Å²) in [6.45, 7) is 1.64. The van der Waals surface area contributed by atoms with Crippen LogP contribution in [0.2, 0.25) is 0 Å². The number of nitrogens with one attached hydrogen (secondary N) is 1. The number of imide groups is 2. The summed E-state index contributed by atoms with van der Waals surface area (Å²) in [6, 6.07) is 14.2. The summed E-state index contributed by atoms with van der Waals surface area (Å²) in [5, 5.41) is 7.64. The van der Waals surface area contributed by atoms with Crippen molar-refractivity contribution >= 4 is 53.2 Å². The van der Waals surface area contributed by atoms with Crippen LogP contribution in [0.1, 0.15) is 6.92 Å². The van der Waals surface area contributed by atoms with Crippen LogP contribution in [0.4, 0.5) is 16.2 Å². The molecule has 4 rings (SSSR count). The maximum absolute atomic E-state index is 13.1. The van der Waals surface area contributed by atoms with Gasteiger partial charge in [0.25, 0.3) is 17.7 Å². The molecule has 1 saturated heterocycles. The number of hydrazone groups is 1. The predicted molar refractivity (Wildman–Crippen MR) is 120 cm³/mol. The maximum Gasteiger partial charge on any atom is 0.335 e. The van der Waals surface area contributed by atoms with Gasteiger partial charge in [-0.25, -0.2) is 9.69 Å². The summed E-state index contributed by atoms with van der Waals surface area (Å²) in [5.74, 6) is -2.58. The molecule has 2 aromatic rings. The third-order valence-corrected chi connectivity index (χ3v) is 4.93. The fraction of sp³-hybridized carbons (Fsp3) is 0.136. The van der Waals surface area contributed by atoms with Crippen molar-refractivity contribution in [2.24, 2.45) is 11.0 Å². The van der Waals surface area contributed by atoms with Crippen LogP contribution in [0.5, 0.6) is 5.75 Å². The minimum atomic E-state index is -0.912. The lowest BCUT2D eigenvalue weighted by Crippen LogP contribution is -2.54. The Morgan fingerprint density at radius 3 is 2.38 bits per heavy atom. The summed E-state index contributed by atoms with van der Waals surface area (Å²) in [6.07, 6.45) is 1.25. The zero-order valence-electron chi connectivity index (χ0n) is 17.1. The molecule has 0 aromatic heterocycles. The van der Waals surface area contributed by atoms with Gasteiger partial charge < -0.3 is 4.74 Å². The zero-order valence-corrected chi connectivity index (χ0v) is 18.0. The number of barbiturate groups is 1. The molecule has 2 aromatic carbocycles. The fourth-order valence-electron chi connectivity index (χ4n) is 3.35. The molecule has 10 heteroatoms. The number of nitrogens with zero attached hydrogens (tertiary/aromatic N) is 3. The van der Waals surface area contributed by atoms with E-state index in [1.54, 1.807) is 43.3 Å². The number of benzene rings is 2. The third kappa shape index (κ3) is 3.97. The molecule has 2 heterocycles. The van der Waals surface area contributed by atoms with Crippen molar-refractivity contribution < 1.29 is 23.9 Å². The van der Waals surface area contributed by atoms with Crippen molar-refractivity contribution in [3.8, 4) is 5.75 Å². The van der Waals surface area contributed by atoms with Gasteiger partial charge in [0.2, 0.25) is 0 Å². The number of carbonyl (C=O) groups is 4. The van der Waals surface area contributed by atoms with Gasteiger partial charge >= 0.3 is 6.03 Å². The number of carbonyl (C=O) groups excluding carboxylic acids is 4. The summed E-state index contributed by atoms with van der Waals surface area (Å²) in [5.41, 5.74) is 0.909. The van der Waals surface area contributed by atoms with Crippen LogP contribution in [0.15, 0.2) is 71.3 Å². The molecule has 164 valence electrons. The number of hydrogen-bond acceptors (Lipinski definition) is 6. The molecule has 9 nitrogen and oxygen atoms in total. The van der Waals surface area contributed by atoms with Gasteiger partial charge in [0.1, 0.15) is 11.3 Å². The van der Waals surface area contributed by atoms with Crippen LogP contribution in [0, 0.1) is 5.92 Å². The molecular formula is C22H19ClN4O5. The van der Waals surface area contributed by atoms with Gasteiger partial charge in [-0.15, -0.1) is 12.4 Å². The highest BCUT2D eigenvalue weighted by Gasteiger charge is 2.40. The molecule has 1 atom stereocenters. The standard InChI is InChI=1S/C22H18N4O5.ClH/c1-13-17(21(29)26(24-13)14-7-4-3-5-8-14)12-18-19(27)23-22(30)25(20(18)28)15-9-6-10-16(11-15)31-2;/h3-12,17H,1-2H3,(H,23,27,30);1H/b18-12-;. The lowest BCUT2D eigenvalue weighted by Gasteiger charge is -2.27. The SMILES string of the molecule is COc1cccc(N2C(=O)NC(=O)/C(=C/C3C(=O)N(c4ccccc4)N=C3C)C2=O)c1.Cl. The first-order valence-corrected chi connectivity index (χ1v) is 9.40. The minimum Gasteiger partial charge on any atom is -0.497 e. The number of methoxy groups -OCH3 is 1. The quantitative estimate of drug-likeness (QED) is 0.564.